The Kier molecular flexibility index (Phi) is 2.79. The summed E-state index contributed by atoms with van der Waals surface area (Å²) in [5.41, 5.74) is 1.60. The number of aromatic carboxylic acids is 1. The number of para-hydroxylation sites is 1. The van der Waals surface area contributed by atoms with E-state index >= 15 is 0 Å². The van der Waals surface area contributed by atoms with Crippen molar-refractivity contribution >= 4 is 28.3 Å². The lowest BCUT2D eigenvalue weighted by Crippen LogP contribution is -2.03. The van der Waals surface area contributed by atoms with Crippen LogP contribution in [0.4, 0.5) is 0 Å². The lowest BCUT2D eigenvalue weighted by atomic mass is 10.2. The molecule has 96 valence electrons. The number of carboxylic acids is 1. The molecule has 0 amide bonds. The number of rotatable bonds is 3. The highest BCUT2D eigenvalue weighted by molar-refractivity contribution is 7.11. The van der Waals surface area contributed by atoms with Crippen LogP contribution in [0.5, 0.6) is 0 Å². The van der Waals surface area contributed by atoms with Crippen molar-refractivity contribution in [2.75, 3.05) is 0 Å². The standard InChI is InChI=1S/C13H11N3O2S/c1-8-5-14-11(19-8)6-16-7-15-10-4-2-3-9(12(10)16)13(17)18/h2-5,7H,6H2,1H3,(H,17,18). The molecule has 0 bridgehead atoms. The quantitative estimate of drug-likeness (QED) is 0.796. The number of thiazole rings is 1. The van der Waals surface area contributed by atoms with Gasteiger partial charge in [-0.3, -0.25) is 0 Å². The summed E-state index contributed by atoms with van der Waals surface area (Å²) in [7, 11) is 0. The van der Waals surface area contributed by atoms with Gasteiger partial charge in [-0.2, -0.15) is 0 Å². The molecule has 0 aliphatic heterocycles. The number of aromatic nitrogens is 3. The highest BCUT2D eigenvalue weighted by Gasteiger charge is 2.14. The number of hydrogen-bond donors (Lipinski definition) is 1. The fourth-order valence-electron chi connectivity index (χ4n) is 2.04. The summed E-state index contributed by atoms with van der Waals surface area (Å²) < 4.78 is 1.83. The first-order chi connectivity index (χ1) is 9.15. The smallest absolute Gasteiger partial charge is 0.337 e. The van der Waals surface area contributed by atoms with Crippen LogP contribution < -0.4 is 0 Å². The van der Waals surface area contributed by atoms with Crippen molar-refractivity contribution in [1.82, 2.24) is 14.5 Å². The first-order valence-corrected chi connectivity index (χ1v) is 6.55. The van der Waals surface area contributed by atoms with Gasteiger partial charge in [0.1, 0.15) is 5.01 Å². The Balaban J connectivity index is 2.11. The van der Waals surface area contributed by atoms with Gasteiger partial charge < -0.3 is 9.67 Å². The van der Waals surface area contributed by atoms with Crippen LogP contribution in [0.3, 0.4) is 0 Å². The highest BCUT2D eigenvalue weighted by atomic mass is 32.1. The molecular formula is C13H11N3O2S. The highest BCUT2D eigenvalue weighted by Crippen LogP contribution is 2.20. The van der Waals surface area contributed by atoms with E-state index in [-0.39, 0.29) is 5.56 Å². The van der Waals surface area contributed by atoms with Gasteiger partial charge in [0, 0.05) is 11.1 Å². The average molecular weight is 273 g/mol. The first-order valence-electron chi connectivity index (χ1n) is 5.73. The van der Waals surface area contributed by atoms with Crippen LogP contribution in [0, 0.1) is 6.92 Å². The van der Waals surface area contributed by atoms with E-state index in [0.717, 1.165) is 9.88 Å². The second-order valence-corrected chi connectivity index (χ2v) is 5.53. The van der Waals surface area contributed by atoms with Crippen molar-refractivity contribution in [1.29, 1.82) is 0 Å². The van der Waals surface area contributed by atoms with E-state index in [1.807, 2.05) is 23.8 Å². The van der Waals surface area contributed by atoms with Gasteiger partial charge in [-0.05, 0) is 19.1 Å². The molecular weight excluding hydrogens is 262 g/mol. The van der Waals surface area contributed by atoms with Crippen molar-refractivity contribution in [3.63, 3.8) is 0 Å². The molecule has 0 fully saturated rings. The van der Waals surface area contributed by atoms with Gasteiger partial charge in [0.15, 0.2) is 0 Å². The van der Waals surface area contributed by atoms with E-state index in [2.05, 4.69) is 9.97 Å². The molecule has 0 saturated carbocycles. The minimum absolute atomic E-state index is 0.267. The van der Waals surface area contributed by atoms with Gasteiger partial charge in [0.2, 0.25) is 0 Å². The minimum Gasteiger partial charge on any atom is -0.478 e. The predicted molar refractivity (Wildman–Crippen MR) is 72.6 cm³/mol. The molecule has 1 N–H and O–H groups in total. The second-order valence-electron chi connectivity index (χ2n) is 4.22. The Hall–Kier alpha value is -2.21. The Morgan fingerprint density at radius 2 is 2.26 bits per heavy atom. The van der Waals surface area contributed by atoms with Crippen LogP contribution in [0.2, 0.25) is 0 Å². The van der Waals surface area contributed by atoms with Gasteiger partial charge in [0.25, 0.3) is 0 Å². The van der Waals surface area contributed by atoms with Crippen molar-refractivity contribution in [3.05, 3.63) is 46.2 Å². The lowest BCUT2D eigenvalue weighted by Gasteiger charge is -2.04. The van der Waals surface area contributed by atoms with Crippen molar-refractivity contribution in [2.45, 2.75) is 13.5 Å². The molecule has 19 heavy (non-hydrogen) atoms. The van der Waals surface area contributed by atoms with Gasteiger partial charge in [-0.25, -0.2) is 14.8 Å². The van der Waals surface area contributed by atoms with E-state index in [1.165, 1.54) is 0 Å². The number of hydrogen-bond acceptors (Lipinski definition) is 4. The van der Waals surface area contributed by atoms with Crippen LogP contribution >= 0.6 is 11.3 Å². The Morgan fingerprint density at radius 1 is 1.42 bits per heavy atom. The maximum Gasteiger partial charge on any atom is 0.337 e. The molecule has 0 unspecified atom stereocenters. The van der Waals surface area contributed by atoms with Crippen molar-refractivity contribution in [3.8, 4) is 0 Å². The van der Waals surface area contributed by atoms with E-state index in [9.17, 15) is 9.90 Å². The molecule has 2 aromatic heterocycles. The van der Waals surface area contributed by atoms with E-state index in [0.29, 0.717) is 17.6 Å². The van der Waals surface area contributed by atoms with Crippen LogP contribution in [-0.2, 0) is 6.54 Å². The number of aryl methyl sites for hydroxylation is 1. The molecule has 3 rings (SSSR count). The van der Waals surface area contributed by atoms with Crippen LogP contribution in [0.25, 0.3) is 11.0 Å². The predicted octanol–water partition coefficient (Wildman–Crippen LogP) is 2.55. The molecule has 6 heteroatoms. The Labute approximate surface area is 113 Å². The summed E-state index contributed by atoms with van der Waals surface area (Å²) in [5, 5.41) is 10.2. The zero-order valence-electron chi connectivity index (χ0n) is 10.2. The number of fused-ring (bicyclic) bond motifs is 1. The molecule has 0 saturated heterocycles. The number of imidazole rings is 1. The zero-order valence-corrected chi connectivity index (χ0v) is 11.0. The third-order valence-electron chi connectivity index (χ3n) is 2.84. The maximum atomic E-state index is 11.3. The third kappa shape index (κ3) is 2.10. The molecule has 2 heterocycles. The van der Waals surface area contributed by atoms with Crippen molar-refractivity contribution < 1.29 is 9.90 Å². The monoisotopic (exact) mass is 273 g/mol. The van der Waals surface area contributed by atoms with Crippen LogP contribution in [-0.4, -0.2) is 25.6 Å². The minimum atomic E-state index is -0.942. The summed E-state index contributed by atoms with van der Waals surface area (Å²) in [4.78, 5) is 20.9. The number of benzene rings is 1. The molecule has 5 nitrogen and oxygen atoms in total. The number of carboxylic acid groups (broad SMARTS) is 1. The topological polar surface area (TPSA) is 68.0 Å². The third-order valence-corrected chi connectivity index (χ3v) is 3.74. The summed E-state index contributed by atoms with van der Waals surface area (Å²) in [6, 6.07) is 5.11. The number of nitrogens with zero attached hydrogens (tertiary/aromatic N) is 3. The Morgan fingerprint density at radius 3 is 2.95 bits per heavy atom. The average Bonchev–Trinajstić information content (AvgIpc) is 2.97. The molecule has 0 radical (unpaired) electrons. The largest absolute Gasteiger partial charge is 0.478 e. The molecule has 3 aromatic rings. The molecule has 0 aliphatic carbocycles. The summed E-state index contributed by atoms with van der Waals surface area (Å²) in [6.07, 6.45) is 3.48. The SMILES string of the molecule is Cc1cnc(Cn2cnc3cccc(C(=O)O)c32)s1. The van der Waals surface area contributed by atoms with E-state index < -0.39 is 5.97 Å². The van der Waals surface area contributed by atoms with E-state index in [1.54, 1.807) is 29.8 Å². The molecule has 0 aliphatic rings. The van der Waals surface area contributed by atoms with Crippen LogP contribution in [0.15, 0.2) is 30.7 Å². The molecule has 0 spiro atoms. The summed E-state index contributed by atoms with van der Waals surface area (Å²) in [6.45, 7) is 2.54. The lowest BCUT2D eigenvalue weighted by molar-refractivity contribution is 0.0698. The van der Waals surface area contributed by atoms with Gasteiger partial charge in [0.05, 0.1) is 29.5 Å². The normalized spacial score (nSPS) is 11.0. The van der Waals surface area contributed by atoms with E-state index in [4.69, 9.17) is 0 Å². The van der Waals surface area contributed by atoms with Gasteiger partial charge >= 0.3 is 5.97 Å². The zero-order chi connectivity index (χ0) is 13.4. The molecule has 0 atom stereocenters. The Bertz CT molecular complexity index is 760. The first kappa shape index (κ1) is 11.9. The summed E-state index contributed by atoms with van der Waals surface area (Å²) >= 11 is 1.60. The second kappa shape index (κ2) is 4.47. The van der Waals surface area contributed by atoms with Crippen LogP contribution in [0.1, 0.15) is 20.2 Å². The fourth-order valence-corrected chi connectivity index (χ4v) is 2.83. The van der Waals surface area contributed by atoms with Crippen molar-refractivity contribution in [2.24, 2.45) is 0 Å². The summed E-state index contributed by atoms with van der Waals surface area (Å²) in [5.74, 6) is -0.942. The van der Waals surface area contributed by atoms with Gasteiger partial charge in [-0.1, -0.05) is 6.07 Å². The number of carbonyl (C=O) groups is 1. The fraction of sp³-hybridized carbons (Fsp3) is 0.154. The molecule has 1 aromatic carbocycles. The van der Waals surface area contributed by atoms with Gasteiger partial charge in [-0.15, -0.1) is 11.3 Å². The maximum absolute atomic E-state index is 11.3.